The Morgan fingerprint density at radius 3 is 2.29 bits per heavy atom. The Morgan fingerprint density at radius 2 is 1.71 bits per heavy atom. The van der Waals surface area contributed by atoms with E-state index in [9.17, 15) is 0 Å². The van der Waals surface area contributed by atoms with E-state index in [1.165, 1.54) is 39.0 Å². The van der Waals surface area contributed by atoms with Crippen LogP contribution in [0.25, 0.3) is 0 Å². The lowest BCUT2D eigenvalue weighted by Gasteiger charge is -2.46. The maximum Gasteiger partial charge on any atom is 0.153 e. The van der Waals surface area contributed by atoms with Gasteiger partial charge in [-0.3, -0.25) is 15.1 Å². The van der Waals surface area contributed by atoms with Crippen LogP contribution in [0.4, 0.5) is 0 Å². The molecular weight excluding hydrogens is 178 g/mol. The molecule has 3 aliphatic rings. The van der Waals surface area contributed by atoms with E-state index in [1.807, 2.05) is 0 Å². The summed E-state index contributed by atoms with van der Waals surface area (Å²) in [4.78, 5) is 5.07. The topological polar surface area (TPSA) is 27.5 Å². The van der Waals surface area contributed by atoms with Crippen LogP contribution in [0.2, 0.25) is 0 Å². The highest BCUT2D eigenvalue weighted by atomic mass is 16.5. The molecule has 0 aromatic carbocycles. The minimum absolute atomic E-state index is 0.0642. The van der Waals surface area contributed by atoms with E-state index in [4.69, 9.17) is 4.74 Å². The first-order valence-electron chi connectivity index (χ1n) is 5.75. The molecule has 3 saturated heterocycles. The molecule has 4 nitrogen and oxygen atoms in total. The van der Waals surface area contributed by atoms with Gasteiger partial charge in [0, 0.05) is 32.7 Å². The highest BCUT2D eigenvalue weighted by Crippen LogP contribution is 2.29. The van der Waals surface area contributed by atoms with Gasteiger partial charge in [-0.1, -0.05) is 0 Å². The second kappa shape index (κ2) is 3.45. The molecule has 1 atom stereocenters. The SMILES string of the molecule is C1CCN(C2(N3CC3)COCCN2)C1. The van der Waals surface area contributed by atoms with Crippen LogP contribution in [0.3, 0.4) is 0 Å². The van der Waals surface area contributed by atoms with Gasteiger partial charge in [0.2, 0.25) is 0 Å². The third kappa shape index (κ3) is 1.37. The lowest BCUT2D eigenvalue weighted by Crippen LogP contribution is -2.68. The van der Waals surface area contributed by atoms with Gasteiger partial charge in [-0.25, -0.2) is 0 Å². The Hall–Kier alpha value is -0.160. The third-order valence-electron chi connectivity index (χ3n) is 3.56. The van der Waals surface area contributed by atoms with E-state index in [1.54, 1.807) is 0 Å². The van der Waals surface area contributed by atoms with Gasteiger partial charge in [0.15, 0.2) is 5.79 Å². The Kier molecular flexibility index (Phi) is 2.24. The van der Waals surface area contributed by atoms with E-state index >= 15 is 0 Å². The van der Waals surface area contributed by atoms with Crippen molar-refractivity contribution in [1.29, 1.82) is 0 Å². The van der Waals surface area contributed by atoms with Gasteiger partial charge in [-0.05, 0) is 12.8 Å². The average molecular weight is 197 g/mol. The predicted molar refractivity (Wildman–Crippen MR) is 53.9 cm³/mol. The molecule has 1 unspecified atom stereocenters. The quantitative estimate of drug-likeness (QED) is 0.614. The number of hydrogen-bond donors (Lipinski definition) is 1. The van der Waals surface area contributed by atoms with E-state index in [0.29, 0.717) is 0 Å². The Morgan fingerprint density at radius 1 is 1.00 bits per heavy atom. The van der Waals surface area contributed by atoms with Crippen LogP contribution in [0.15, 0.2) is 0 Å². The largest absolute Gasteiger partial charge is 0.375 e. The van der Waals surface area contributed by atoms with Crippen LogP contribution in [0.1, 0.15) is 12.8 Å². The van der Waals surface area contributed by atoms with Gasteiger partial charge in [0.1, 0.15) is 0 Å². The summed E-state index contributed by atoms with van der Waals surface area (Å²) in [7, 11) is 0. The van der Waals surface area contributed by atoms with E-state index in [2.05, 4.69) is 15.1 Å². The molecule has 0 saturated carbocycles. The van der Waals surface area contributed by atoms with Crippen molar-refractivity contribution >= 4 is 0 Å². The molecule has 0 radical (unpaired) electrons. The summed E-state index contributed by atoms with van der Waals surface area (Å²) < 4.78 is 5.65. The fraction of sp³-hybridized carbons (Fsp3) is 1.00. The fourth-order valence-electron chi connectivity index (χ4n) is 2.70. The Labute approximate surface area is 85.2 Å². The molecule has 3 rings (SSSR count). The smallest absolute Gasteiger partial charge is 0.153 e. The normalized spacial score (nSPS) is 40.3. The molecule has 14 heavy (non-hydrogen) atoms. The van der Waals surface area contributed by atoms with Crippen LogP contribution >= 0.6 is 0 Å². The van der Waals surface area contributed by atoms with Crippen LogP contribution in [-0.2, 0) is 4.74 Å². The molecule has 1 N–H and O–H groups in total. The summed E-state index contributed by atoms with van der Waals surface area (Å²) in [5.41, 5.74) is 0. The molecule has 4 heteroatoms. The van der Waals surface area contributed by atoms with Crippen molar-refractivity contribution in [3.63, 3.8) is 0 Å². The van der Waals surface area contributed by atoms with Gasteiger partial charge < -0.3 is 4.74 Å². The molecule has 3 heterocycles. The molecule has 0 bridgehead atoms. The second-order valence-corrected chi connectivity index (χ2v) is 4.48. The second-order valence-electron chi connectivity index (χ2n) is 4.48. The van der Waals surface area contributed by atoms with E-state index < -0.39 is 0 Å². The van der Waals surface area contributed by atoms with E-state index in [0.717, 1.165) is 19.8 Å². The molecular formula is C10H19N3O. The molecule has 80 valence electrons. The minimum atomic E-state index is 0.0642. The molecule has 0 aromatic heterocycles. The number of nitrogens with zero attached hydrogens (tertiary/aromatic N) is 2. The van der Waals surface area contributed by atoms with Crippen molar-refractivity contribution in [2.75, 3.05) is 45.9 Å². The fourth-order valence-corrected chi connectivity index (χ4v) is 2.70. The maximum atomic E-state index is 5.65. The summed E-state index contributed by atoms with van der Waals surface area (Å²) in [5.74, 6) is 0.0642. The number of rotatable bonds is 2. The lowest BCUT2D eigenvalue weighted by molar-refractivity contribution is -0.108. The zero-order valence-electron chi connectivity index (χ0n) is 8.67. The first-order valence-corrected chi connectivity index (χ1v) is 5.75. The van der Waals surface area contributed by atoms with Gasteiger partial charge in [0.25, 0.3) is 0 Å². The average Bonchev–Trinajstić information content (AvgIpc) is 2.95. The molecule has 0 amide bonds. The predicted octanol–water partition coefficient (Wildman–Crippen LogP) is -0.329. The van der Waals surface area contributed by atoms with Gasteiger partial charge >= 0.3 is 0 Å². The molecule has 3 fully saturated rings. The lowest BCUT2D eigenvalue weighted by atomic mass is 10.2. The van der Waals surface area contributed by atoms with Crippen molar-refractivity contribution < 1.29 is 4.74 Å². The molecule has 0 aliphatic carbocycles. The van der Waals surface area contributed by atoms with Crippen LogP contribution < -0.4 is 5.32 Å². The van der Waals surface area contributed by atoms with Crippen molar-refractivity contribution in [1.82, 2.24) is 15.1 Å². The monoisotopic (exact) mass is 197 g/mol. The first-order chi connectivity index (χ1) is 6.92. The Balaban J connectivity index is 1.78. The van der Waals surface area contributed by atoms with Crippen molar-refractivity contribution in [2.45, 2.75) is 18.6 Å². The highest BCUT2D eigenvalue weighted by Gasteiger charge is 2.49. The molecule has 3 aliphatic heterocycles. The summed E-state index contributed by atoms with van der Waals surface area (Å²) in [5, 5.41) is 3.66. The first kappa shape index (κ1) is 9.09. The van der Waals surface area contributed by atoms with Crippen LogP contribution in [0.5, 0.6) is 0 Å². The van der Waals surface area contributed by atoms with Gasteiger partial charge in [-0.2, -0.15) is 0 Å². The molecule has 0 aromatic rings. The minimum Gasteiger partial charge on any atom is -0.375 e. The summed E-state index contributed by atoms with van der Waals surface area (Å²) in [6.45, 7) is 7.61. The number of hydrogen-bond acceptors (Lipinski definition) is 4. The van der Waals surface area contributed by atoms with Crippen molar-refractivity contribution in [2.24, 2.45) is 0 Å². The van der Waals surface area contributed by atoms with E-state index in [-0.39, 0.29) is 5.79 Å². The third-order valence-corrected chi connectivity index (χ3v) is 3.56. The van der Waals surface area contributed by atoms with Crippen LogP contribution in [0, 0.1) is 0 Å². The van der Waals surface area contributed by atoms with Crippen molar-refractivity contribution in [3.05, 3.63) is 0 Å². The summed E-state index contributed by atoms with van der Waals surface area (Å²) in [6, 6.07) is 0. The van der Waals surface area contributed by atoms with Gasteiger partial charge in [-0.15, -0.1) is 0 Å². The van der Waals surface area contributed by atoms with Gasteiger partial charge in [0.05, 0.1) is 13.2 Å². The summed E-state index contributed by atoms with van der Waals surface area (Å²) in [6.07, 6.45) is 2.69. The standard InChI is InChI=1S/C10H19N3O/c1-2-5-12(4-1)10(13-6-7-13)9-14-8-3-11-10/h11H,1-9H2. The highest BCUT2D eigenvalue weighted by molar-refractivity contribution is 4.98. The number of nitrogens with one attached hydrogen (secondary N) is 1. The zero-order chi connectivity index (χ0) is 9.43. The zero-order valence-corrected chi connectivity index (χ0v) is 8.67. The van der Waals surface area contributed by atoms with Crippen LogP contribution in [-0.4, -0.2) is 61.5 Å². The molecule has 0 spiro atoms. The Bertz CT molecular complexity index is 205. The number of morpholine rings is 1. The number of ether oxygens (including phenoxy) is 1. The maximum absolute atomic E-state index is 5.65. The number of likely N-dealkylation sites (tertiary alicyclic amines) is 1. The van der Waals surface area contributed by atoms with Crippen molar-refractivity contribution in [3.8, 4) is 0 Å². The summed E-state index contributed by atoms with van der Waals surface area (Å²) >= 11 is 0.